The lowest BCUT2D eigenvalue weighted by Crippen LogP contribution is -2.26. The van der Waals surface area contributed by atoms with Gasteiger partial charge in [-0.05, 0) is 25.2 Å². The molecule has 0 aliphatic carbocycles. The summed E-state index contributed by atoms with van der Waals surface area (Å²) >= 11 is 0. The van der Waals surface area contributed by atoms with E-state index in [4.69, 9.17) is 9.47 Å². The van der Waals surface area contributed by atoms with Crippen LogP contribution in [0, 0.1) is 0 Å². The summed E-state index contributed by atoms with van der Waals surface area (Å²) in [5.41, 5.74) is 0.898. The van der Waals surface area contributed by atoms with E-state index in [0.29, 0.717) is 19.5 Å². The predicted octanol–water partition coefficient (Wildman–Crippen LogP) is 0.929. The number of carbonyl (C=O) groups is 1. The minimum Gasteiger partial charge on any atom is -0.497 e. The van der Waals surface area contributed by atoms with Gasteiger partial charge in [0.15, 0.2) is 0 Å². The van der Waals surface area contributed by atoms with Gasteiger partial charge in [-0.3, -0.25) is 4.79 Å². The maximum absolute atomic E-state index is 11.5. The van der Waals surface area contributed by atoms with E-state index in [9.17, 15) is 4.79 Å². The normalized spacial score (nSPS) is 9.94. The Hall–Kier alpha value is -1.75. The van der Waals surface area contributed by atoms with Gasteiger partial charge in [-0.1, -0.05) is 0 Å². The fourth-order valence-corrected chi connectivity index (χ4v) is 1.54. The zero-order chi connectivity index (χ0) is 13.4. The first kappa shape index (κ1) is 14.3. The SMILES string of the molecule is CNCCC(=O)NCc1cc(OC)ccc1OC. The summed E-state index contributed by atoms with van der Waals surface area (Å²) in [6.45, 7) is 1.10. The van der Waals surface area contributed by atoms with Crippen LogP contribution in [0.2, 0.25) is 0 Å². The lowest BCUT2D eigenvalue weighted by Gasteiger charge is -2.11. The smallest absolute Gasteiger partial charge is 0.221 e. The van der Waals surface area contributed by atoms with Crippen molar-refractivity contribution in [2.45, 2.75) is 13.0 Å². The molecule has 0 heterocycles. The summed E-state index contributed by atoms with van der Waals surface area (Å²) in [5, 5.41) is 5.78. The van der Waals surface area contributed by atoms with Gasteiger partial charge >= 0.3 is 0 Å². The first-order valence-electron chi connectivity index (χ1n) is 5.83. The van der Waals surface area contributed by atoms with Crippen molar-refractivity contribution in [3.05, 3.63) is 23.8 Å². The quantitative estimate of drug-likeness (QED) is 0.758. The lowest BCUT2D eigenvalue weighted by atomic mass is 10.2. The molecule has 0 radical (unpaired) electrons. The van der Waals surface area contributed by atoms with Crippen molar-refractivity contribution >= 4 is 5.91 Å². The Morgan fingerprint density at radius 2 is 2.06 bits per heavy atom. The number of hydrogen-bond donors (Lipinski definition) is 2. The number of carbonyl (C=O) groups excluding carboxylic acids is 1. The number of hydrogen-bond acceptors (Lipinski definition) is 4. The summed E-state index contributed by atoms with van der Waals surface area (Å²) in [6, 6.07) is 5.51. The van der Waals surface area contributed by atoms with Crippen LogP contribution in [0.25, 0.3) is 0 Å². The fourth-order valence-electron chi connectivity index (χ4n) is 1.54. The van der Waals surface area contributed by atoms with Gasteiger partial charge in [-0.15, -0.1) is 0 Å². The van der Waals surface area contributed by atoms with Crippen LogP contribution in [-0.2, 0) is 11.3 Å². The number of nitrogens with one attached hydrogen (secondary N) is 2. The number of amides is 1. The highest BCUT2D eigenvalue weighted by Crippen LogP contribution is 2.23. The van der Waals surface area contributed by atoms with Crippen LogP contribution in [0.15, 0.2) is 18.2 Å². The summed E-state index contributed by atoms with van der Waals surface area (Å²) in [4.78, 5) is 11.5. The minimum absolute atomic E-state index is 0.00854. The number of benzene rings is 1. The van der Waals surface area contributed by atoms with Crippen molar-refractivity contribution in [1.82, 2.24) is 10.6 Å². The highest BCUT2D eigenvalue weighted by atomic mass is 16.5. The fraction of sp³-hybridized carbons (Fsp3) is 0.462. The Bertz CT molecular complexity index is 394. The van der Waals surface area contributed by atoms with Crippen LogP contribution in [0.1, 0.15) is 12.0 Å². The van der Waals surface area contributed by atoms with Gasteiger partial charge in [0.1, 0.15) is 11.5 Å². The van der Waals surface area contributed by atoms with E-state index in [1.54, 1.807) is 14.2 Å². The van der Waals surface area contributed by atoms with Crippen molar-refractivity contribution < 1.29 is 14.3 Å². The second kappa shape index (κ2) is 7.55. The van der Waals surface area contributed by atoms with Gasteiger partial charge in [0, 0.05) is 25.1 Å². The molecule has 1 aromatic carbocycles. The third-order valence-electron chi connectivity index (χ3n) is 2.57. The highest BCUT2D eigenvalue weighted by molar-refractivity contribution is 5.76. The summed E-state index contributed by atoms with van der Waals surface area (Å²) in [6.07, 6.45) is 0.461. The molecule has 100 valence electrons. The molecule has 0 bridgehead atoms. The molecular formula is C13H20N2O3. The van der Waals surface area contributed by atoms with Crippen LogP contribution in [0.3, 0.4) is 0 Å². The second-order valence-corrected chi connectivity index (χ2v) is 3.81. The van der Waals surface area contributed by atoms with Crippen molar-refractivity contribution in [2.24, 2.45) is 0 Å². The van der Waals surface area contributed by atoms with E-state index in [-0.39, 0.29) is 5.91 Å². The third kappa shape index (κ3) is 4.25. The third-order valence-corrected chi connectivity index (χ3v) is 2.57. The van der Waals surface area contributed by atoms with Crippen LogP contribution < -0.4 is 20.1 Å². The van der Waals surface area contributed by atoms with E-state index in [2.05, 4.69) is 10.6 Å². The van der Waals surface area contributed by atoms with Crippen molar-refractivity contribution in [3.63, 3.8) is 0 Å². The molecule has 5 heteroatoms. The molecule has 5 nitrogen and oxygen atoms in total. The van der Waals surface area contributed by atoms with Crippen LogP contribution in [-0.4, -0.2) is 33.7 Å². The monoisotopic (exact) mass is 252 g/mol. The molecule has 0 aliphatic rings. The van der Waals surface area contributed by atoms with E-state index in [0.717, 1.165) is 17.1 Å². The lowest BCUT2D eigenvalue weighted by molar-refractivity contribution is -0.121. The second-order valence-electron chi connectivity index (χ2n) is 3.81. The Balaban J connectivity index is 2.62. The molecule has 0 saturated carbocycles. The average Bonchev–Trinajstić information content (AvgIpc) is 2.42. The Morgan fingerprint density at radius 3 is 2.67 bits per heavy atom. The van der Waals surface area contributed by atoms with E-state index < -0.39 is 0 Å². The Kier molecular flexibility index (Phi) is 6.00. The number of ether oxygens (including phenoxy) is 2. The summed E-state index contributed by atoms with van der Waals surface area (Å²) < 4.78 is 10.4. The molecule has 0 aromatic heterocycles. The molecule has 2 N–H and O–H groups in total. The highest BCUT2D eigenvalue weighted by Gasteiger charge is 2.06. The molecule has 0 saturated heterocycles. The van der Waals surface area contributed by atoms with E-state index in [1.165, 1.54) is 0 Å². The number of rotatable bonds is 7. The standard InChI is InChI=1S/C13H20N2O3/c1-14-7-6-13(16)15-9-10-8-11(17-2)4-5-12(10)18-3/h4-5,8,14H,6-7,9H2,1-3H3,(H,15,16). The molecule has 0 fully saturated rings. The molecule has 0 unspecified atom stereocenters. The zero-order valence-electron chi connectivity index (χ0n) is 11.1. The van der Waals surface area contributed by atoms with E-state index in [1.807, 2.05) is 25.2 Å². The topological polar surface area (TPSA) is 59.6 Å². The zero-order valence-corrected chi connectivity index (χ0v) is 11.1. The van der Waals surface area contributed by atoms with Crippen LogP contribution >= 0.6 is 0 Å². The molecular weight excluding hydrogens is 232 g/mol. The average molecular weight is 252 g/mol. The Morgan fingerprint density at radius 1 is 1.28 bits per heavy atom. The molecule has 1 rings (SSSR count). The maximum Gasteiger partial charge on any atom is 0.221 e. The van der Waals surface area contributed by atoms with Crippen LogP contribution in [0.4, 0.5) is 0 Å². The van der Waals surface area contributed by atoms with Gasteiger partial charge in [-0.25, -0.2) is 0 Å². The first-order valence-corrected chi connectivity index (χ1v) is 5.83. The van der Waals surface area contributed by atoms with Gasteiger partial charge in [0.2, 0.25) is 5.91 Å². The van der Waals surface area contributed by atoms with Crippen molar-refractivity contribution in [3.8, 4) is 11.5 Å². The number of methoxy groups -OCH3 is 2. The van der Waals surface area contributed by atoms with Crippen molar-refractivity contribution in [1.29, 1.82) is 0 Å². The molecule has 0 atom stereocenters. The summed E-state index contributed by atoms with van der Waals surface area (Å²) in [7, 11) is 5.03. The molecule has 0 spiro atoms. The van der Waals surface area contributed by atoms with Crippen LogP contribution in [0.5, 0.6) is 11.5 Å². The van der Waals surface area contributed by atoms with E-state index >= 15 is 0 Å². The molecule has 0 aliphatic heterocycles. The maximum atomic E-state index is 11.5. The molecule has 1 amide bonds. The minimum atomic E-state index is 0.00854. The Labute approximate surface area is 107 Å². The van der Waals surface area contributed by atoms with Gasteiger partial charge in [0.25, 0.3) is 0 Å². The first-order chi connectivity index (χ1) is 8.71. The van der Waals surface area contributed by atoms with Gasteiger partial charge in [-0.2, -0.15) is 0 Å². The van der Waals surface area contributed by atoms with Gasteiger partial charge < -0.3 is 20.1 Å². The van der Waals surface area contributed by atoms with Crippen molar-refractivity contribution in [2.75, 3.05) is 27.8 Å². The molecule has 18 heavy (non-hydrogen) atoms. The summed E-state index contributed by atoms with van der Waals surface area (Å²) in [5.74, 6) is 1.49. The predicted molar refractivity (Wildman–Crippen MR) is 69.9 cm³/mol. The largest absolute Gasteiger partial charge is 0.497 e. The molecule has 1 aromatic rings. The van der Waals surface area contributed by atoms with Gasteiger partial charge in [0.05, 0.1) is 14.2 Å².